The molecule has 41 heavy (non-hydrogen) atoms. The highest BCUT2D eigenvalue weighted by Crippen LogP contribution is 2.19. The third-order valence-electron chi connectivity index (χ3n) is 6.59. The molecule has 4 aromatic rings. The number of benzene rings is 4. The lowest BCUT2D eigenvalue weighted by Crippen LogP contribution is -2.71. The molecule has 2 atom stereocenters. The van der Waals surface area contributed by atoms with Crippen LogP contribution in [0, 0.1) is 0 Å². The average Bonchev–Trinajstić information content (AvgIpc) is 3.04. The summed E-state index contributed by atoms with van der Waals surface area (Å²) < 4.78 is 45.3. The van der Waals surface area contributed by atoms with Crippen molar-refractivity contribution in [3.8, 4) is 0 Å². The summed E-state index contributed by atoms with van der Waals surface area (Å²) >= 11 is 0. The number of hydrogen-bond acceptors (Lipinski definition) is 7. The Morgan fingerprint density at radius 3 is 0.976 bits per heavy atom. The van der Waals surface area contributed by atoms with E-state index in [0.717, 1.165) is 20.7 Å². The first-order valence-corrected chi connectivity index (χ1v) is 22.7. The molecule has 0 amide bonds. The first-order chi connectivity index (χ1) is 20.0. The molecule has 0 aliphatic carbocycles. The van der Waals surface area contributed by atoms with E-state index in [1.807, 2.05) is 110 Å². The Hall–Kier alpha value is -2.32. The largest absolute Gasteiger partial charge is 0.475 e. The van der Waals surface area contributed by atoms with Crippen molar-refractivity contribution in [1.82, 2.24) is 0 Å². The van der Waals surface area contributed by atoms with Crippen molar-refractivity contribution in [2.45, 2.75) is 13.1 Å². The second-order valence-electron chi connectivity index (χ2n) is 9.30. The van der Waals surface area contributed by atoms with E-state index in [0.29, 0.717) is 0 Å². The summed E-state index contributed by atoms with van der Waals surface area (Å²) in [5.41, 5.74) is 0. The maximum Gasteiger partial charge on any atom is 0.475 e. The highest BCUT2D eigenvalue weighted by atomic mass is 28.5. The molecular weight excluding hydrogens is 601 g/mol. The molecule has 4 aromatic carbocycles. The molecule has 0 heterocycles. The molecule has 0 aliphatic heterocycles. The monoisotopic (exact) mass is 638 g/mol. The van der Waals surface area contributed by atoms with Gasteiger partial charge in [0.15, 0.2) is 0 Å². The zero-order chi connectivity index (χ0) is 29.1. The Morgan fingerprint density at radius 1 is 0.390 bits per heavy atom. The third-order valence-corrected chi connectivity index (χ3v) is 22.5. The molecular formula is C29H38O7Si5. The minimum atomic E-state index is -3.37. The van der Waals surface area contributed by atoms with Crippen LogP contribution in [0.1, 0.15) is 0 Å². The van der Waals surface area contributed by atoms with Crippen LogP contribution in [0.25, 0.3) is 0 Å². The molecule has 7 nitrogen and oxygen atoms in total. The first kappa shape index (κ1) is 31.6. The summed E-state index contributed by atoms with van der Waals surface area (Å²) in [6.07, 6.45) is 0. The fourth-order valence-electron chi connectivity index (χ4n) is 4.66. The summed E-state index contributed by atoms with van der Waals surface area (Å²) in [6.45, 7) is 4.07. The van der Waals surface area contributed by atoms with Gasteiger partial charge in [0, 0.05) is 21.3 Å². The molecule has 0 bridgehead atoms. The van der Waals surface area contributed by atoms with E-state index in [9.17, 15) is 0 Å². The van der Waals surface area contributed by atoms with Gasteiger partial charge in [0.2, 0.25) is 0 Å². The highest BCUT2D eigenvalue weighted by Gasteiger charge is 2.51. The fraction of sp³-hybridized carbons (Fsp3) is 0.172. The van der Waals surface area contributed by atoms with Gasteiger partial charge in [0.25, 0.3) is 0 Å². The zero-order valence-electron chi connectivity index (χ0n) is 24.1. The van der Waals surface area contributed by atoms with Crippen LogP contribution in [0.2, 0.25) is 13.1 Å². The Morgan fingerprint density at radius 2 is 0.683 bits per heavy atom. The minimum Gasteiger partial charge on any atom is -0.411 e. The van der Waals surface area contributed by atoms with Crippen LogP contribution in [-0.2, 0) is 29.7 Å². The van der Waals surface area contributed by atoms with Gasteiger partial charge in [-0.05, 0) is 33.8 Å². The Bertz CT molecular complexity index is 1220. The van der Waals surface area contributed by atoms with Gasteiger partial charge in [-0.2, -0.15) is 0 Å². The fourth-order valence-corrected chi connectivity index (χ4v) is 22.3. The lowest BCUT2D eigenvalue weighted by molar-refractivity contribution is 0.186. The lowest BCUT2D eigenvalue weighted by atomic mass is 10.4. The minimum absolute atomic E-state index is 0.952. The normalized spacial score (nSPS) is 13.7. The van der Waals surface area contributed by atoms with Crippen molar-refractivity contribution in [3.05, 3.63) is 121 Å². The molecule has 0 radical (unpaired) electrons. The Balaban J connectivity index is 1.85. The van der Waals surface area contributed by atoms with Crippen molar-refractivity contribution in [2.24, 2.45) is 0 Å². The van der Waals surface area contributed by atoms with Gasteiger partial charge >= 0.3 is 45.2 Å². The molecule has 0 saturated heterocycles. The standard InChI is InChI=1S/C29H38O7Si5/c1-30-37(4)33-40(26-18-10-6-11-19-26,27-20-12-7-13-21-27)34-38(5)35-41(36-39(31-2)32-3,28-22-14-8-15-23-28)29-24-16-9-17-25-29/h6-25,37-39H,1-5H3. The van der Waals surface area contributed by atoms with Crippen LogP contribution in [-0.4, -0.2) is 66.5 Å². The van der Waals surface area contributed by atoms with Crippen LogP contribution >= 0.6 is 0 Å². The summed E-state index contributed by atoms with van der Waals surface area (Å²) in [5.74, 6) is 0. The van der Waals surface area contributed by atoms with Crippen molar-refractivity contribution in [1.29, 1.82) is 0 Å². The molecule has 2 unspecified atom stereocenters. The predicted octanol–water partition coefficient (Wildman–Crippen LogP) is 1.92. The first-order valence-electron chi connectivity index (χ1n) is 13.5. The van der Waals surface area contributed by atoms with Gasteiger partial charge in [0.05, 0.1) is 0 Å². The maximum atomic E-state index is 7.21. The van der Waals surface area contributed by atoms with Crippen LogP contribution in [0.5, 0.6) is 0 Å². The number of hydrogen-bond donors (Lipinski definition) is 0. The van der Waals surface area contributed by atoms with Crippen LogP contribution in [0.15, 0.2) is 121 Å². The van der Waals surface area contributed by atoms with Crippen LogP contribution in [0.4, 0.5) is 0 Å². The van der Waals surface area contributed by atoms with E-state index in [2.05, 4.69) is 24.3 Å². The molecule has 0 fully saturated rings. The van der Waals surface area contributed by atoms with Crippen molar-refractivity contribution in [2.75, 3.05) is 21.3 Å². The van der Waals surface area contributed by atoms with Gasteiger partial charge < -0.3 is 29.7 Å². The summed E-state index contributed by atoms with van der Waals surface area (Å²) in [4.78, 5) is 0. The topological polar surface area (TPSA) is 64.6 Å². The molecule has 0 aliphatic rings. The van der Waals surface area contributed by atoms with Gasteiger partial charge in [0.1, 0.15) is 0 Å². The van der Waals surface area contributed by atoms with Crippen LogP contribution < -0.4 is 20.7 Å². The Kier molecular flexibility index (Phi) is 11.8. The average molecular weight is 639 g/mol. The van der Waals surface area contributed by atoms with Gasteiger partial charge in [-0.15, -0.1) is 0 Å². The van der Waals surface area contributed by atoms with Crippen molar-refractivity contribution < 1.29 is 29.7 Å². The predicted molar refractivity (Wildman–Crippen MR) is 174 cm³/mol. The van der Waals surface area contributed by atoms with Crippen molar-refractivity contribution >= 4 is 66.0 Å². The smallest absolute Gasteiger partial charge is 0.411 e. The zero-order valence-corrected chi connectivity index (χ0v) is 29.6. The van der Waals surface area contributed by atoms with Gasteiger partial charge in [-0.3, -0.25) is 0 Å². The van der Waals surface area contributed by atoms with E-state index >= 15 is 0 Å². The van der Waals surface area contributed by atoms with E-state index in [4.69, 9.17) is 29.7 Å². The molecule has 4 rings (SSSR count). The molecule has 12 heteroatoms. The second-order valence-corrected chi connectivity index (χ2v) is 22.1. The molecule has 0 saturated carbocycles. The molecule has 0 aromatic heterocycles. The summed E-state index contributed by atoms with van der Waals surface area (Å²) in [5, 5.41) is 3.90. The maximum absolute atomic E-state index is 7.21. The third kappa shape index (κ3) is 7.56. The summed E-state index contributed by atoms with van der Waals surface area (Å²) in [7, 11) is -8.85. The van der Waals surface area contributed by atoms with E-state index in [1.54, 1.807) is 21.3 Å². The van der Waals surface area contributed by atoms with E-state index < -0.39 is 45.2 Å². The van der Waals surface area contributed by atoms with Crippen LogP contribution in [0.3, 0.4) is 0 Å². The Labute approximate surface area is 250 Å². The SMILES string of the molecule is CO[SiH](C)O[Si](O[SiH](C)O[Si](O[SiH](OC)OC)(c1ccccc1)c1ccccc1)(c1ccccc1)c1ccccc1. The van der Waals surface area contributed by atoms with E-state index in [1.165, 1.54) is 0 Å². The molecule has 216 valence electrons. The molecule has 0 spiro atoms. The highest BCUT2D eigenvalue weighted by molar-refractivity contribution is 7.01. The van der Waals surface area contributed by atoms with Gasteiger partial charge in [-0.25, -0.2) is 0 Å². The quantitative estimate of drug-likeness (QED) is 0.185. The van der Waals surface area contributed by atoms with E-state index in [-0.39, 0.29) is 0 Å². The van der Waals surface area contributed by atoms with Crippen molar-refractivity contribution in [3.63, 3.8) is 0 Å². The van der Waals surface area contributed by atoms with Gasteiger partial charge in [-0.1, -0.05) is 121 Å². The number of rotatable bonds is 15. The second kappa shape index (κ2) is 15.2. The lowest BCUT2D eigenvalue weighted by Gasteiger charge is -2.40. The molecule has 0 N–H and O–H groups in total. The summed E-state index contributed by atoms with van der Waals surface area (Å²) in [6, 6.07) is 40.5.